The molecule has 1 aromatic carbocycles. The molecule has 0 unspecified atom stereocenters. The van der Waals surface area contributed by atoms with Crippen LogP contribution in [0, 0.1) is 6.92 Å². The fourth-order valence-electron chi connectivity index (χ4n) is 1.40. The highest BCUT2D eigenvalue weighted by Crippen LogP contribution is 2.32. The third-order valence-corrected chi connectivity index (χ3v) is 3.61. The summed E-state index contributed by atoms with van der Waals surface area (Å²) in [6.07, 6.45) is 0. The molecule has 0 aliphatic heterocycles. The van der Waals surface area contributed by atoms with Gasteiger partial charge in [-0.05, 0) is 24.6 Å². The molecule has 5 nitrogen and oxygen atoms in total. The van der Waals surface area contributed by atoms with Crippen LogP contribution in [0.2, 0.25) is 5.02 Å². The maximum absolute atomic E-state index is 11.3. The number of H-pyrrole nitrogens is 1. The first-order chi connectivity index (χ1) is 8.45. The van der Waals surface area contributed by atoms with Gasteiger partial charge in [-0.2, -0.15) is 0 Å². The normalized spacial score (nSPS) is 10.6. The average Bonchev–Trinajstić information content (AvgIpc) is 2.24. The molecule has 2 rings (SSSR count). The minimum atomic E-state index is -0.288. The zero-order chi connectivity index (χ0) is 13.3. The van der Waals surface area contributed by atoms with Crippen molar-refractivity contribution < 1.29 is 0 Å². The number of nitrogens with one attached hydrogen (secondary N) is 1. The molecule has 7 heteroatoms. The summed E-state index contributed by atoms with van der Waals surface area (Å²) in [5, 5.41) is 0.887. The van der Waals surface area contributed by atoms with Crippen LogP contribution < -0.4 is 17.0 Å². The van der Waals surface area contributed by atoms with Gasteiger partial charge in [-0.3, -0.25) is 4.79 Å². The van der Waals surface area contributed by atoms with E-state index in [4.69, 9.17) is 23.1 Å². The highest BCUT2D eigenvalue weighted by molar-refractivity contribution is 7.99. The van der Waals surface area contributed by atoms with Crippen molar-refractivity contribution in [1.82, 2.24) is 9.97 Å². The van der Waals surface area contributed by atoms with E-state index < -0.39 is 0 Å². The summed E-state index contributed by atoms with van der Waals surface area (Å²) in [4.78, 5) is 18.8. The Bertz CT molecular complexity index is 656. The van der Waals surface area contributed by atoms with Crippen molar-refractivity contribution in [2.75, 3.05) is 11.5 Å². The molecule has 0 bridgehead atoms. The molecule has 0 atom stereocenters. The molecule has 5 N–H and O–H groups in total. The predicted molar refractivity (Wildman–Crippen MR) is 74.0 cm³/mol. The van der Waals surface area contributed by atoms with E-state index in [1.807, 2.05) is 6.92 Å². The number of aromatic nitrogens is 2. The summed E-state index contributed by atoms with van der Waals surface area (Å²) in [5.41, 5.74) is 12.4. The van der Waals surface area contributed by atoms with E-state index in [0.717, 1.165) is 10.5 Å². The Morgan fingerprint density at radius 3 is 2.72 bits per heavy atom. The Morgan fingerprint density at radius 2 is 2.06 bits per heavy atom. The molecule has 0 saturated heterocycles. The van der Waals surface area contributed by atoms with Crippen molar-refractivity contribution in [2.45, 2.75) is 17.0 Å². The molecule has 0 aliphatic rings. The largest absolute Gasteiger partial charge is 0.398 e. The Morgan fingerprint density at radius 1 is 1.33 bits per heavy atom. The van der Waals surface area contributed by atoms with Crippen molar-refractivity contribution in [3.8, 4) is 0 Å². The number of nitrogen functional groups attached to an aromatic ring is 2. The molecule has 0 radical (unpaired) electrons. The molecule has 94 valence electrons. The molecule has 0 spiro atoms. The van der Waals surface area contributed by atoms with Crippen LogP contribution in [0.1, 0.15) is 5.56 Å². The van der Waals surface area contributed by atoms with E-state index in [0.29, 0.717) is 15.9 Å². The maximum atomic E-state index is 11.3. The molecular formula is C11H11ClN4OS. The number of rotatable bonds is 2. The van der Waals surface area contributed by atoms with Gasteiger partial charge in [0.15, 0.2) is 5.16 Å². The van der Waals surface area contributed by atoms with E-state index >= 15 is 0 Å². The van der Waals surface area contributed by atoms with E-state index in [9.17, 15) is 4.79 Å². The topological polar surface area (TPSA) is 97.8 Å². The molecule has 1 heterocycles. The van der Waals surface area contributed by atoms with Crippen molar-refractivity contribution in [1.29, 1.82) is 0 Å². The standard InChI is InChI=1S/C11H11ClN4OS/c1-5-2-7(13)6(12)3-8(5)18-11-15-9(14)4-10(17)16-11/h2-4H,13H2,1H3,(H3,14,15,16,17). The molecular weight excluding hydrogens is 272 g/mol. The summed E-state index contributed by atoms with van der Waals surface area (Å²) < 4.78 is 0. The van der Waals surface area contributed by atoms with Gasteiger partial charge in [0.2, 0.25) is 0 Å². The number of anilines is 2. The third kappa shape index (κ3) is 2.77. The summed E-state index contributed by atoms with van der Waals surface area (Å²) in [6, 6.07) is 4.74. The first-order valence-electron chi connectivity index (χ1n) is 5.06. The van der Waals surface area contributed by atoms with Gasteiger partial charge in [-0.1, -0.05) is 23.4 Å². The lowest BCUT2D eigenvalue weighted by Gasteiger charge is -2.07. The van der Waals surface area contributed by atoms with Crippen molar-refractivity contribution >= 4 is 34.9 Å². The van der Waals surface area contributed by atoms with Gasteiger partial charge < -0.3 is 16.5 Å². The van der Waals surface area contributed by atoms with Gasteiger partial charge in [0.1, 0.15) is 5.82 Å². The SMILES string of the molecule is Cc1cc(N)c(Cl)cc1Sc1nc(N)cc(=O)[nH]1. The highest BCUT2D eigenvalue weighted by Gasteiger charge is 2.07. The number of nitrogens with zero attached hydrogens (tertiary/aromatic N) is 1. The van der Waals surface area contributed by atoms with E-state index in [1.54, 1.807) is 12.1 Å². The van der Waals surface area contributed by atoms with Gasteiger partial charge >= 0.3 is 0 Å². The second-order valence-corrected chi connectivity index (χ2v) is 5.15. The lowest BCUT2D eigenvalue weighted by molar-refractivity contribution is 0.944. The molecule has 0 aliphatic carbocycles. The fraction of sp³-hybridized carbons (Fsp3) is 0.0909. The Balaban J connectivity index is 2.39. The number of benzene rings is 1. The van der Waals surface area contributed by atoms with Crippen LogP contribution in [0.25, 0.3) is 0 Å². The van der Waals surface area contributed by atoms with Crippen molar-refractivity contribution in [3.63, 3.8) is 0 Å². The fourth-order valence-corrected chi connectivity index (χ4v) is 2.54. The lowest BCUT2D eigenvalue weighted by atomic mass is 10.2. The van der Waals surface area contributed by atoms with Crippen LogP contribution >= 0.6 is 23.4 Å². The molecule has 0 amide bonds. The van der Waals surface area contributed by atoms with E-state index in [2.05, 4.69) is 9.97 Å². The van der Waals surface area contributed by atoms with Crippen LogP contribution in [0.4, 0.5) is 11.5 Å². The summed E-state index contributed by atoms with van der Waals surface area (Å²) in [7, 11) is 0. The summed E-state index contributed by atoms with van der Waals surface area (Å²) in [6.45, 7) is 1.90. The molecule has 18 heavy (non-hydrogen) atoms. The smallest absolute Gasteiger partial charge is 0.253 e. The third-order valence-electron chi connectivity index (χ3n) is 2.24. The van der Waals surface area contributed by atoms with Gasteiger partial charge in [-0.15, -0.1) is 0 Å². The highest BCUT2D eigenvalue weighted by atomic mass is 35.5. The molecule has 0 fully saturated rings. The minimum absolute atomic E-state index is 0.181. The summed E-state index contributed by atoms with van der Waals surface area (Å²) >= 11 is 7.24. The second kappa shape index (κ2) is 4.91. The first-order valence-corrected chi connectivity index (χ1v) is 6.25. The first kappa shape index (κ1) is 12.8. The molecule has 2 aromatic rings. The number of aryl methyl sites for hydroxylation is 1. The number of hydrogen-bond donors (Lipinski definition) is 3. The van der Waals surface area contributed by atoms with E-state index in [-0.39, 0.29) is 11.4 Å². The zero-order valence-electron chi connectivity index (χ0n) is 9.53. The average molecular weight is 283 g/mol. The quantitative estimate of drug-likeness (QED) is 0.578. The maximum Gasteiger partial charge on any atom is 0.253 e. The van der Waals surface area contributed by atoms with E-state index in [1.165, 1.54) is 17.8 Å². The van der Waals surface area contributed by atoms with Crippen LogP contribution in [0.3, 0.4) is 0 Å². The van der Waals surface area contributed by atoms with Crippen LogP contribution in [0.15, 0.2) is 33.0 Å². The van der Waals surface area contributed by atoms with Crippen LogP contribution in [0.5, 0.6) is 0 Å². The molecule has 0 saturated carbocycles. The van der Waals surface area contributed by atoms with Crippen LogP contribution in [-0.4, -0.2) is 9.97 Å². The molecule has 1 aromatic heterocycles. The monoisotopic (exact) mass is 282 g/mol. The number of halogens is 1. The Labute approximate surface area is 113 Å². The number of aromatic amines is 1. The van der Waals surface area contributed by atoms with Gasteiger partial charge in [-0.25, -0.2) is 4.98 Å². The predicted octanol–water partition coefficient (Wildman–Crippen LogP) is 2.05. The minimum Gasteiger partial charge on any atom is -0.398 e. The Hall–Kier alpha value is -1.66. The van der Waals surface area contributed by atoms with Gasteiger partial charge in [0.05, 0.1) is 10.7 Å². The van der Waals surface area contributed by atoms with Crippen LogP contribution in [-0.2, 0) is 0 Å². The van der Waals surface area contributed by atoms with Crippen molar-refractivity contribution in [2.24, 2.45) is 0 Å². The van der Waals surface area contributed by atoms with Gasteiger partial charge in [0, 0.05) is 11.0 Å². The second-order valence-electron chi connectivity index (χ2n) is 3.72. The van der Waals surface area contributed by atoms with Crippen molar-refractivity contribution in [3.05, 3.63) is 39.1 Å². The number of nitrogens with two attached hydrogens (primary N) is 2. The lowest BCUT2D eigenvalue weighted by Crippen LogP contribution is -2.09. The Kier molecular flexibility index (Phi) is 3.49. The zero-order valence-corrected chi connectivity index (χ0v) is 11.1. The summed E-state index contributed by atoms with van der Waals surface area (Å²) in [5.74, 6) is 0.181. The number of hydrogen-bond acceptors (Lipinski definition) is 5. The van der Waals surface area contributed by atoms with Gasteiger partial charge in [0.25, 0.3) is 5.56 Å².